The molecule has 2 fully saturated rings. The van der Waals surface area contributed by atoms with Gasteiger partial charge in [-0.3, -0.25) is 0 Å². The largest absolute Gasteiger partial charge is 0.378 e. The monoisotopic (exact) mass is 255 g/mol. The number of nitrogens with zero attached hydrogens (tertiary/aromatic N) is 1. The Labute approximate surface area is 109 Å². The van der Waals surface area contributed by atoms with E-state index in [1.165, 1.54) is 19.3 Å². The molecule has 1 aliphatic carbocycles. The summed E-state index contributed by atoms with van der Waals surface area (Å²) in [6.45, 7) is 4.09. The van der Waals surface area contributed by atoms with Crippen molar-refractivity contribution in [1.82, 2.24) is 10.2 Å². The van der Waals surface area contributed by atoms with Gasteiger partial charge in [0.15, 0.2) is 0 Å². The summed E-state index contributed by atoms with van der Waals surface area (Å²) >= 11 is 0. The molecule has 2 amide bonds. The molecule has 0 aromatic carbocycles. The molecule has 0 aromatic heterocycles. The fourth-order valence-electron chi connectivity index (χ4n) is 2.90. The average molecular weight is 255 g/mol. The molecule has 5 nitrogen and oxygen atoms in total. The highest BCUT2D eigenvalue weighted by molar-refractivity contribution is 5.74. The van der Waals surface area contributed by atoms with E-state index in [0.29, 0.717) is 32.8 Å². The smallest absolute Gasteiger partial charge is 0.317 e. The van der Waals surface area contributed by atoms with Gasteiger partial charge in [-0.2, -0.15) is 0 Å². The molecule has 0 aromatic rings. The van der Waals surface area contributed by atoms with Crippen molar-refractivity contribution >= 4 is 6.03 Å². The van der Waals surface area contributed by atoms with Gasteiger partial charge in [0.2, 0.25) is 0 Å². The molecular weight excluding hydrogens is 230 g/mol. The maximum Gasteiger partial charge on any atom is 0.317 e. The van der Waals surface area contributed by atoms with Gasteiger partial charge in [-0.15, -0.1) is 0 Å². The Balaban J connectivity index is 1.79. The van der Waals surface area contributed by atoms with Crippen molar-refractivity contribution in [1.29, 1.82) is 0 Å². The zero-order chi connectivity index (χ0) is 12.8. The normalized spacial score (nSPS) is 23.7. The lowest BCUT2D eigenvalue weighted by atomic mass is 9.74. The first-order chi connectivity index (χ1) is 8.76. The molecule has 1 saturated carbocycles. The zero-order valence-corrected chi connectivity index (χ0v) is 11.1. The van der Waals surface area contributed by atoms with Crippen LogP contribution in [0.5, 0.6) is 0 Å². The summed E-state index contributed by atoms with van der Waals surface area (Å²) in [5, 5.41) is 3.07. The number of rotatable bonds is 3. The minimum atomic E-state index is 0.0386. The van der Waals surface area contributed by atoms with Crippen molar-refractivity contribution in [3.8, 4) is 0 Å². The molecule has 0 bridgehead atoms. The Bertz CT molecular complexity index is 271. The van der Waals surface area contributed by atoms with E-state index in [9.17, 15) is 4.79 Å². The van der Waals surface area contributed by atoms with E-state index in [1.807, 2.05) is 4.90 Å². The number of amides is 2. The lowest BCUT2D eigenvalue weighted by Gasteiger charge is -2.37. The second-order valence-corrected chi connectivity index (χ2v) is 5.52. The van der Waals surface area contributed by atoms with Crippen LogP contribution in [-0.2, 0) is 4.74 Å². The molecule has 0 unspecified atom stereocenters. The van der Waals surface area contributed by atoms with Crippen LogP contribution in [0.15, 0.2) is 0 Å². The van der Waals surface area contributed by atoms with Crippen LogP contribution in [0.3, 0.4) is 0 Å². The fraction of sp³-hybridized carbons (Fsp3) is 0.923. The van der Waals surface area contributed by atoms with Crippen LogP contribution < -0.4 is 11.1 Å². The number of urea groups is 1. The second-order valence-electron chi connectivity index (χ2n) is 5.52. The summed E-state index contributed by atoms with van der Waals surface area (Å²) in [6, 6.07) is 0.0386. The third-order valence-electron chi connectivity index (χ3n) is 4.26. The first-order valence-electron chi connectivity index (χ1n) is 7.06. The van der Waals surface area contributed by atoms with E-state index in [1.54, 1.807) is 0 Å². The summed E-state index contributed by atoms with van der Waals surface area (Å²) < 4.78 is 5.24. The number of nitrogens with one attached hydrogen (secondary N) is 1. The Kier molecular flexibility index (Phi) is 4.83. The number of ether oxygens (including phenoxy) is 1. The summed E-state index contributed by atoms with van der Waals surface area (Å²) in [5.74, 6) is 0. The minimum Gasteiger partial charge on any atom is -0.378 e. The average Bonchev–Trinajstić information content (AvgIpc) is 2.47. The number of nitrogens with two attached hydrogens (primary N) is 1. The maximum atomic E-state index is 12.0. The molecule has 0 radical (unpaired) electrons. The first-order valence-corrected chi connectivity index (χ1v) is 7.06. The highest BCUT2D eigenvalue weighted by Crippen LogP contribution is 2.34. The molecule has 2 rings (SSSR count). The van der Waals surface area contributed by atoms with Crippen LogP contribution in [0.25, 0.3) is 0 Å². The predicted molar refractivity (Wildman–Crippen MR) is 70.4 cm³/mol. The van der Waals surface area contributed by atoms with E-state index in [4.69, 9.17) is 10.5 Å². The first kappa shape index (κ1) is 13.6. The van der Waals surface area contributed by atoms with Crippen molar-refractivity contribution in [3.63, 3.8) is 0 Å². The van der Waals surface area contributed by atoms with Gasteiger partial charge in [0.25, 0.3) is 0 Å². The quantitative estimate of drug-likeness (QED) is 0.788. The van der Waals surface area contributed by atoms with Crippen molar-refractivity contribution in [2.45, 2.75) is 32.1 Å². The van der Waals surface area contributed by atoms with E-state index in [-0.39, 0.29) is 11.4 Å². The van der Waals surface area contributed by atoms with Crippen molar-refractivity contribution < 1.29 is 9.53 Å². The van der Waals surface area contributed by atoms with Gasteiger partial charge in [-0.1, -0.05) is 19.3 Å². The van der Waals surface area contributed by atoms with Crippen LogP contribution in [0.1, 0.15) is 32.1 Å². The lowest BCUT2D eigenvalue weighted by Crippen LogP contribution is -2.50. The molecule has 18 heavy (non-hydrogen) atoms. The topological polar surface area (TPSA) is 67.6 Å². The maximum absolute atomic E-state index is 12.0. The molecule has 5 heteroatoms. The standard InChI is InChI=1S/C13H25N3O2/c14-10-13(4-2-1-3-5-13)11-15-12(17)16-6-8-18-9-7-16/h1-11,14H2,(H,15,17). The SMILES string of the molecule is NCC1(CNC(=O)N2CCOCC2)CCCCC1. The third-order valence-corrected chi connectivity index (χ3v) is 4.26. The molecule has 0 spiro atoms. The van der Waals surface area contributed by atoms with Crippen LogP contribution in [-0.4, -0.2) is 50.3 Å². The van der Waals surface area contributed by atoms with Crippen LogP contribution >= 0.6 is 0 Å². The number of morpholine rings is 1. The van der Waals surface area contributed by atoms with Gasteiger partial charge in [-0.25, -0.2) is 4.79 Å². The number of carbonyl (C=O) groups is 1. The molecule has 2 aliphatic rings. The van der Waals surface area contributed by atoms with Crippen molar-refractivity contribution in [3.05, 3.63) is 0 Å². The fourth-order valence-corrected chi connectivity index (χ4v) is 2.90. The summed E-state index contributed by atoms with van der Waals surface area (Å²) in [6.07, 6.45) is 6.08. The van der Waals surface area contributed by atoms with E-state index in [0.717, 1.165) is 19.4 Å². The van der Waals surface area contributed by atoms with Crippen LogP contribution in [0, 0.1) is 5.41 Å². The summed E-state index contributed by atoms with van der Waals surface area (Å²) in [7, 11) is 0. The lowest BCUT2D eigenvalue weighted by molar-refractivity contribution is 0.0519. The number of carbonyl (C=O) groups excluding carboxylic acids is 1. The Morgan fingerprint density at radius 2 is 1.89 bits per heavy atom. The summed E-state index contributed by atoms with van der Waals surface area (Å²) in [4.78, 5) is 13.8. The highest BCUT2D eigenvalue weighted by atomic mass is 16.5. The molecule has 1 aliphatic heterocycles. The third kappa shape index (κ3) is 3.36. The molecule has 104 valence electrons. The Morgan fingerprint density at radius 1 is 1.22 bits per heavy atom. The predicted octanol–water partition coefficient (Wildman–Crippen LogP) is 0.937. The van der Waals surface area contributed by atoms with Gasteiger partial charge in [0.1, 0.15) is 0 Å². The molecule has 3 N–H and O–H groups in total. The number of hydrogen-bond donors (Lipinski definition) is 2. The van der Waals surface area contributed by atoms with E-state index < -0.39 is 0 Å². The van der Waals surface area contributed by atoms with Gasteiger partial charge >= 0.3 is 6.03 Å². The Hall–Kier alpha value is -0.810. The zero-order valence-electron chi connectivity index (χ0n) is 11.1. The van der Waals surface area contributed by atoms with Gasteiger partial charge in [0.05, 0.1) is 13.2 Å². The number of hydrogen-bond acceptors (Lipinski definition) is 3. The van der Waals surface area contributed by atoms with Gasteiger partial charge in [0, 0.05) is 25.0 Å². The Morgan fingerprint density at radius 3 is 2.50 bits per heavy atom. The van der Waals surface area contributed by atoms with E-state index >= 15 is 0 Å². The van der Waals surface area contributed by atoms with Crippen LogP contribution in [0.4, 0.5) is 4.79 Å². The summed E-state index contributed by atoms with van der Waals surface area (Å²) in [5.41, 5.74) is 6.06. The van der Waals surface area contributed by atoms with Gasteiger partial charge < -0.3 is 20.7 Å². The minimum absolute atomic E-state index is 0.0386. The molecule has 1 saturated heterocycles. The molecule has 0 atom stereocenters. The van der Waals surface area contributed by atoms with E-state index in [2.05, 4.69) is 5.32 Å². The van der Waals surface area contributed by atoms with Crippen LogP contribution in [0.2, 0.25) is 0 Å². The van der Waals surface area contributed by atoms with Crippen molar-refractivity contribution in [2.24, 2.45) is 11.1 Å². The molecule has 1 heterocycles. The highest BCUT2D eigenvalue weighted by Gasteiger charge is 2.31. The van der Waals surface area contributed by atoms with Crippen molar-refractivity contribution in [2.75, 3.05) is 39.4 Å². The molecular formula is C13H25N3O2. The van der Waals surface area contributed by atoms with Gasteiger partial charge in [-0.05, 0) is 19.4 Å². The second kappa shape index (κ2) is 6.38.